The zero-order valence-corrected chi connectivity index (χ0v) is 21.7. The molecule has 0 aromatic heterocycles. The number of carbonyl (C=O) groups is 1. The summed E-state index contributed by atoms with van der Waals surface area (Å²) in [4.78, 5) is 21.9. The third-order valence-corrected chi connectivity index (χ3v) is 6.58. The van der Waals surface area contributed by atoms with Crippen LogP contribution in [-0.4, -0.2) is 73.6 Å². The van der Waals surface area contributed by atoms with Crippen molar-refractivity contribution in [3.63, 3.8) is 0 Å². The molecule has 0 aliphatic rings. The molecule has 186 valence electrons. The van der Waals surface area contributed by atoms with Crippen LogP contribution in [0.1, 0.15) is 78.6 Å². The van der Waals surface area contributed by atoms with Gasteiger partial charge in [-0.1, -0.05) is 72.1 Å². The summed E-state index contributed by atoms with van der Waals surface area (Å²) in [5.74, 6) is 0.238. The van der Waals surface area contributed by atoms with Gasteiger partial charge in [-0.25, -0.2) is 0 Å². The molecule has 0 bridgehead atoms. The van der Waals surface area contributed by atoms with E-state index in [-0.39, 0.29) is 31.3 Å². The molecule has 0 fully saturated rings. The number of unbranched alkanes of at least 4 members (excludes halogenated alkanes) is 6. The summed E-state index contributed by atoms with van der Waals surface area (Å²) < 4.78 is 22.7. The smallest absolute Gasteiger partial charge is 0.333 e. The predicted molar refractivity (Wildman–Crippen MR) is 126 cm³/mol. The monoisotopic (exact) mass is 466 g/mol. The van der Waals surface area contributed by atoms with Gasteiger partial charge in [0.15, 0.2) is 0 Å². The molecule has 0 saturated heterocycles. The number of ether oxygens (including phenoxy) is 1. The Balaban J connectivity index is 3.82. The lowest BCUT2D eigenvalue weighted by atomic mass is 10.0. The van der Waals surface area contributed by atoms with Crippen LogP contribution in [0.3, 0.4) is 0 Å². The second kappa shape index (κ2) is 16.2. The molecule has 0 aliphatic heterocycles. The molecule has 0 heterocycles. The number of nitrogens with zero attached hydrogens (tertiary/aromatic N) is 1. The van der Waals surface area contributed by atoms with Crippen LogP contribution in [0.25, 0.3) is 0 Å². The lowest BCUT2D eigenvalue weighted by Gasteiger charge is -2.25. The van der Waals surface area contributed by atoms with E-state index >= 15 is 0 Å². The Morgan fingerprint density at radius 2 is 1.42 bits per heavy atom. The molecule has 0 rings (SSSR count). The number of esters is 1. The largest absolute Gasteiger partial charge is 0.463 e. The Labute approximate surface area is 190 Å². The minimum Gasteiger partial charge on any atom is -0.463 e. The molecule has 0 amide bonds. The molecule has 0 saturated carbocycles. The second-order valence-corrected chi connectivity index (χ2v) is 12.3. The van der Waals surface area contributed by atoms with Crippen LogP contribution in [-0.2, 0) is 18.6 Å². The first-order valence-electron chi connectivity index (χ1n) is 11.9. The van der Waals surface area contributed by atoms with Crippen molar-refractivity contribution in [1.82, 2.24) is 0 Å². The fourth-order valence-electron chi connectivity index (χ4n) is 3.07. The average Bonchev–Trinajstić information content (AvgIpc) is 2.67. The molecule has 31 heavy (non-hydrogen) atoms. The highest BCUT2D eigenvalue weighted by molar-refractivity contribution is 7.52. The molecule has 0 aromatic carbocycles. The number of hydrogen-bond acceptors (Lipinski definition) is 5. The molecule has 7 nitrogen and oxygen atoms in total. The van der Waals surface area contributed by atoms with Gasteiger partial charge in [0, 0.05) is 0 Å². The minimum atomic E-state index is -3.76. The summed E-state index contributed by atoms with van der Waals surface area (Å²) in [7, 11) is 2.00. The first kappa shape index (κ1) is 30.5. The summed E-state index contributed by atoms with van der Waals surface area (Å²) in [5, 5.41) is 9.90. The van der Waals surface area contributed by atoms with E-state index in [2.05, 4.69) is 13.8 Å². The summed E-state index contributed by atoms with van der Waals surface area (Å²) >= 11 is 0. The van der Waals surface area contributed by atoms with E-state index in [1.54, 1.807) is 0 Å². The fourth-order valence-corrected chi connectivity index (χ4v) is 4.45. The molecular formula is C23H49NO6P+. The lowest BCUT2D eigenvalue weighted by Crippen LogP contribution is -2.37. The highest BCUT2D eigenvalue weighted by Gasteiger charge is 2.25. The van der Waals surface area contributed by atoms with Gasteiger partial charge in [-0.05, 0) is 12.3 Å². The second-order valence-electron chi connectivity index (χ2n) is 10.3. The van der Waals surface area contributed by atoms with Crippen molar-refractivity contribution in [2.24, 2.45) is 11.8 Å². The highest BCUT2D eigenvalue weighted by Crippen LogP contribution is 2.41. The average molecular weight is 467 g/mol. The van der Waals surface area contributed by atoms with Gasteiger partial charge in [-0.15, -0.1) is 0 Å². The van der Waals surface area contributed by atoms with Gasteiger partial charge in [0.05, 0.1) is 46.4 Å². The van der Waals surface area contributed by atoms with Gasteiger partial charge >= 0.3 is 13.6 Å². The Bertz CT molecular complexity index is 521. The minimum absolute atomic E-state index is 0.0119. The van der Waals surface area contributed by atoms with E-state index in [1.165, 1.54) is 38.5 Å². The molecule has 0 aliphatic carbocycles. The summed E-state index contributed by atoms with van der Waals surface area (Å²) in [5.41, 5.74) is 0. The topological polar surface area (TPSA) is 93.1 Å². The number of aliphatic hydroxyl groups is 1. The summed E-state index contributed by atoms with van der Waals surface area (Å²) in [6, 6.07) is 0. The SMILES string of the molecule is CC(C)CCCCCCCCCC(C)C(=O)OC[C@@H](O)COP(=O)(O)CC[N+](C)(C)C. The zero-order valence-electron chi connectivity index (χ0n) is 20.8. The van der Waals surface area contributed by atoms with Crippen molar-refractivity contribution in [2.45, 2.75) is 84.7 Å². The van der Waals surface area contributed by atoms with Crippen LogP contribution < -0.4 is 0 Å². The van der Waals surface area contributed by atoms with Crippen LogP contribution in [0, 0.1) is 11.8 Å². The molecule has 8 heteroatoms. The van der Waals surface area contributed by atoms with Crippen molar-refractivity contribution in [2.75, 3.05) is 47.1 Å². The van der Waals surface area contributed by atoms with Crippen LogP contribution in [0.5, 0.6) is 0 Å². The summed E-state index contributed by atoms with van der Waals surface area (Å²) in [6.45, 7) is 6.29. The van der Waals surface area contributed by atoms with Crippen molar-refractivity contribution in [3.05, 3.63) is 0 Å². The normalized spacial score (nSPS) is 16.2. The Morgan fingerprint density at radius 1 is 0.903 bits per heavy atom. The first-order valence-corrected chi connectivity index (χ1v) is 13.7. The van der Waals surface area contributed by atoms with Crippen LogP contribution in [0.4, 0.5) is 0 Å². The van der Waals surface area contributed by atoms with E-state index in [0.717, 1.165) is 25.2 Å². The van der Waals surface area contributed by atoms with Crippen molar-refractivity contribution < 1.29 is 33.1 Å². The van der Waals surface area contributed by atoms with Gasteiger partial charge in [0.2, 0.25) is 0 Å². The molecule has 0 spiro atoms. The van der Waals surface area contributed by atoms with E-state index in [4.69, 9.17) is 9.26 Å². The highest BCUT2D eigenvalue weighted by atomic mass is 31.2. The Morgan fingerprint density at radius 3 is 1.94 bits per heavy atom. The predicted octanol–water partition coefficient (Wildman–Crippen LogP) is 4.60. The Kier molecular flexibility index (Phi) is 16.0. The van der Waals surface area contributed by atoms with Gasteiger partial charge in [0.25, 0.3) is 0 Å². The van der Waals surface area contributed by atoms with Gasteiger partial charge in [-0.2, -0.15) is 0 Å². The van der Waals surface area contributed by atoms with Crippen molar-refractivity contribution >= 4 is 13.6 Å². The van der Waals surface area contributed by atoms with E-state index in [1.807, 2.05) is 28.1 Å². The fraction of sp³-hybridized carbons (Fsp3) is 0.957. The van der Waals surface area contributed by atoms with E-state index in [9.17, 15) is 19.4 Å². The van der Waals surface area contributed by atoms with Gasteiger partial charge < -0.3 is 23.7 Å². The van der Waals surface area contributed by atoms with Crippen LogP contribution in [0.2, 0.25) is 0 Å². The first-order chi connectivity index (χ1) is 14.3. The third kappa shape index (κ3) is 19.9. The molecular weight excluding hydrogens is 417 g/mol. The maximum atomic E-state index is 12.1. The number of quaternary nitrogens is 1. The van der Waals surface area contributed by atoms with Crippen LogP contribution in [0.15, 0.2) is 0 Å². The molecule has 2 unspecified atom stereocenters. The maximum Gasteiger partial charge on any atom is 0.333 e. The number of aliphatic hydroxyl groups excluding tert-OH is 1. The molecule has 0 radical (unpaired) electrons. The van der Waals surface area contributed by atoms with E-state index in [0.29, 0.717) is 11.0 Å². The van der Waals surface area contributed by atoms with Crippen LogP contribution >= 0.6 is 7.60 Å². The lowest BCUT2D eigenvalue weighted by molar-refractivity contribution is -0.867. The van der Waals surface area contributed by atoms with Crippen molar-refractivity contribution in [3.8, 4) is 0 Å². The summed E-state index contributed by atoms with van der Waals surface area (Å²) in [6.07, 6.45) is 9.49. The molecule has 0 aromatic rings. The van der Waals surface area contributed by atoms with Gasteiger partial charge in [0.1, 0.15) is 12.7 Å². The zero-order chi connectivity index (χ0) is 23.9. The number of rotatable bonds is 19. The van der Waals surface area contributed by atoms with Gasteiger partial charge in [-0.3, -0.25) is 9.36 Å². The van der Waals surface area contributed by atoms with Crippen molar-refractivity contribution in [1.29, 1.82) is 0 Å². The molecule has 3 atom stereocenters. The number of hydrogen-bond donors (Lipinski definition) is 2. The third-order valence-electron chi connectivity index (χ3n) is 5.26. The standard InChI is InChI=1S/C23H48NO6P/c1-20(2)14-12-10-8-7-9-11-13-15-21(3)23(26)29-18-22(25)19-30-31(27,28)17-16-24(4,5)6/h20-22,25H,7-19H2,1-6H3/p+1/t21?,22-/m1/s1. The quantitative estimate of drug-likeness (QED) is 0.125. The Hall–Kier alpha value is -0.460. The number of carbonyl (C=O) groups excluding carboxylic acids is 1. The molecule has 2 N–H and O–H groups in total. The van der Waals surface area contributed by atoms with E-state index < -0.39 is 13.7 Å². The maximum absolute atomic E-state index is 12.1.